The Bertz CT molecular complexity index is 104. The summed E-state index contributed by atoms with van der Waals surface area (Å²) in [7, 11) is 0. The molecule has 1 aliphatic heterocycles. The van der Waals surface area contributed by atoms with Gasteiger partial charge in [0.05, 0.1) is 6.54 Å². The zero-order chi connectivity index (χ0) is 7.23. The van der Waals surface area contributed by atoms with E-state index in [0.717, 1.165) is 13.1 Å². The van der Waals surface area contributed by atoms with Crippen LogP contribution in [-0.4, -0.2) is 18.2 Å². The number of nitrogens with zero attached hydrogens (tertiary/aromatic N) is 1. The maximum atomic E-state index is 5.15. The minimum atomic E-state index is 0.962. The summed E-state index contributed by atoms with van der Waals surface area (Å²) < 4.78 is 0. The van der Waals surface area contributed by atoms with E-state index in [0.29, 0.717) is 0 Å². The van der Waals surface area contributed by atoms with Gasteiger partial charge in [0.15, 0.2) is 0 Å². The highest BCUT2D eigenvalue weighted by molar-refractivity contribution is 4.81. The molecule has 2 heteroatoms. The predicted octanol–water partition coefficient (Wildman–Crippen LogP) is 1.94. The molecular weight excluding hydrogens is 126 g/mol. The van der Waals surface area contributed by atoms with Gasteiger partial charge >= 0.3 is 0 Å². The summed E-state index contributed by atoms with van der Waals surface area (Å²) in [6, 6.07) is 0. The fourth-order valence-electron chi connectivity index (χ4n) is 1.01. The second-order valence-corrected chi connectivity index (χ2v) is 2.57. The number of hydrogen-bond donors (Lipinski definition) is 0. The Morgan fingerprint density at radius 3 is 3.00 bits per heavy atom. The highest BCUT2D eigenvalue weighted by atomic mass is 16.7. The van der Waals surface area contributed by atoms with Crippen LogP contribution in [0, 0.1) is 0 Å². The molecule has 58 valence electrons. The summed E-state index contributed by atoms with van der Waals surface area (Å²) in [6.45, 7) is 4.24. The molecule has 10 heavy (non-hydrogen) atoms. The summed E-state index contributed by atoms with van der Waals surface area (Å²) in [5.41, 5.74) is 0. The standard InChI is InChI=1S/C8H15NO/c1-2-3-4-6-9-7-5-8-10-9/h5,8H,2-4,6-7H2,1H3. The quantitative estimate of drug-likeness (QED) is 0.555. The van der Waals surface area contributed by atoms with Crippen LogP contribution in [0.15, 0.2) is 12.3 Å². The van der Waals surface area contributed by atoms with Crippen LogP contribution in [0.5, 0.6) is 0 Å². The fourth-order valence-corrected chi connectivity index (χ4v) is 1.01. The molecule has 1 aliphatic rings. The molecule has 0 aromatic carbocycles. The lowest BCUT2D eigenvalue weighted by atomic mass is 10.2. The van der Waals surface area contributed by atoms with Crippen molar-refractivity contribution in [2.45, 2.75) is 26.2 Å². The third kappa shape index (κ3) is 2.40. The average molecular weight is 141 g/mol. The van der Waals surface area contributed by atoms with Crippen molar-refractivity contribution in [3.05, 3.63) is 12.3 Å². The van der Waals surface area contributed by atoms with Gasteiger partial charge in [-0.1, -0.05) is 19.8 Å². The topological polar surface area (TPSA) is 12.5 Å². The molecule has 0 unspecified atom stereocenters. The van der Waals surface area contributed by atoms with Crippen LogP contribution in [0.2, 0.25) is 0 Å². The zero-order valence-corrected chi connectivity index (χ0v) is 6.55. The van der Waals surface area contributed by atoms with Gasteiger partial charge in [-0.15, -0.1) is 5.06 Å². The Hall–Kier alpha value is -0.500. The summed E-state index contributed by atoms with van der Waals surface area (Å²) in [5, 5.41) is 1.98. The molecule has 2 nitrogen and oxygen atoms in total. The Morgan fingerprint density at radius 1 is 1.50 bits per heavy atom. The molecule has 0 saturated heterocycles. The van der Waals surface area contributed by atoms with E-state index in [4.69, 9.17) is 4.84 Å². The Kier molecular flexibility index (Phi) is 3.30. The normalized spacial score (nSPS) is 17.7. The van der Waals surface area contributed by atoms with Gasteiger partial charge in [0, 0.05) is 6.54 Å². The first-order valence-corrected chi connectivity index (χ1v) is 4.00. The molecular formula is C8H15NO. The summed E-state index contributed by atoms with van der Waals surface area (Å²) in [4.78, 5) is 5.15. The highest BCUT2D eigenvalue weighted by Crippen LogP contribution is 2.03. The van der Waals surface area contributed by atoms with Gasteiger partial charge in [0.25, 0.3) is 0 Å². The van der Waals surface area contributed by atoms with E-state index in [1.165, 1.54) is 19.3 Å². The van der Waals surface area contributed by atoms with Crippen molar-refractivity contribution < 1.29 is 4.84 Å². The number of hydroxylamine groups is 2. The second-order valence-electron chi connectivity index (χ2n) is 2.57. The van der Waals surface area contributed by atoms with Crippen LogP contribution in [0.4, 0.5) is 0 Å². The first-order valence-electron chi connectivity index (χ1n) is 4.00. The van der Waals surface area contributed by atoms with Crippen LogP contribution in [0.25, 0.3) is 0 Å². The monoisotopic (exact) mass is 141 g/mol. The predicted molar refractivity (Wildman–Crippen MR) is 41.3 cm³/mol. The van der Waals surface area contributed by atoms with E-state index in [-0.39, 0.29) is 0 Å². The van der Waals surface area contributed by atoms with Crippen LogP contribution >= 0.6 is 0 Å². The Balaban J connectivity index is 1.93. The van der Waals surface area contributed by atoms with E-state index in [9.17, 15) is 0 Å². The number of hydrogen-bond acceptors (Lipinski definition) is 2. The van der Waals surface area contributed by atoms with Gasteiger partial charge in [0.1, 0.15) is 6.26 Å². The molecule has 1 rings (SSSR count). The number of unbranched alkanes of at least 4 members (excludes halogenated alkanes) is 2. The molecule has 0 aromatic heterocycles. The second kappa shape index (κ2) is 4.34. The molecule has 0 spiro atoms. The lowest BCUT2D eigenvalue weighted by Crippen LogP contribution is -2.19. The summed E-state index contributed by atoms with van der Waals surface area (Å²) >= 11 is 0. The van der Waals surface area contributed by atoms with Crippen molar-refractivity contribution in [2.24, 2.45) is 0 Å². The Labute approximate surface area is 62.4 Å². The van der Waals surface area contributed by atoms with Gasteiger partial charge in [-0.3, -0.25) is 0 Å². The average Bonchev–Trinajstić information content (AvgIpc) is 2.41. The lowest BCUT2D eigenvalue weighted by molar-refractivity contribution is -0.0759. The zero-order valence-electron chi connectivity index (χ0n) is 6.55. The van der Waals surface area contributed by atoms with Crippen LogP contribution in [0.3, 0.4) is 0 Å². The maximum Gasteiger partial charge on any atom is 0.109 e. The van der Waals surface area contributed by atoms with Crippen molar-refractivity contribution >= 4 is 0 Å². The largest absolute Gasteiger partial charge is 0.414 e. The van der Waals surface area contributed by atoms with Gasteiger partial charge in [-0.05, 0) is 12.5 Å². The first-order chi connectivity index (χ1) is 4.93. The molecule has 0 atom stereocenters. The molecule has 0 bridgehead atoms. The van der Waals surface area contributed by atoms with E-state index in [2.05, 4.69) is 6.92 Å². The van der Waals surface area contributed by atoms with Crippen molar-refractivity contribution in [2.75, 3.05) is 13.1 Å². The molecule has 0 saturated carbocycles. The van der Waals surface area contributed by atoms with Crippen molar-refractivity contribution in [3.8, 4) is 0 Å². The van der Waals surface area contributed by atoms with Crippen molar-refractivity contribution in [1.82, 2.24) is 5.06 Å². The van der Waals surface area contributed by atoms with Gasteiger partial charge < -0.3 is 4.84 Å². The number of rotatable bonds is 4. The highest BCUT2D eigenvalue weighted by Gasteiger charge is 2.05. The smallest absolute Gasteiger partial charge is 0.109 e. The lowest BCUT2D eigenvalue weighted by Gasteiger charge is -2.12. The molecule has 0 N–H and O–H groups in total. The fraction of sp³-hybridized carbons (Fsp3) is 0.750. The third-order valence-corrected chi connectivity index (χ3v) is 1.63. The minimum Gasteiger partial charge on any atom is -0.414 e. The van der Waals surface area contributed by atoms with Crippen LogP contribution < -0.4 is 0 Å². The summed E-state index contributed by atoms with van der Waals surface area (Å²) in [6.07, 6.45) is 7.62. The molecule has 0 amide bonds. The van der Waals surface area contributed by atoms with Crippen molar-refractivity contribution in [3.63, 3.8) is 0 Å². The van der Waals surface area contributed by atoms with Gasteiger partial charge in [-0.2, -0.15) is 0 Å². The van der Waals surface area contributed by atoms with Crippen LogP contribution in [0.1, 0.15) is 26.2 Å². The molecule has 1 heterocycles. The Morgan fingerprint density at radius 2 is 2.40 bits per heavy atom. The van der Waals surface area contributed by atoms with E-state index in [1.807, 2.05) is 11.1 Å². The molecule has 0 fully saturated rings. The first kappa shape index (κ1) is 7.61. The molecule has 0 aliphatic carbocycles. The van der Waals surface area contributed by atoms with E-state index < -0.39 is 0 Å². The van der Waals surface area contributed by atoms with Gasteiger partial charge in [0.2, 0.25) is 0 Å². The van der Waals surface area contributed by atoms with Crippen molar-refractivity contribution in [1.29, 1.82) is 0 Å². The minimum absolute atomic E-state index is 0.962. The SMILES string of the molecule is CCCCCN1CC=CO1. The molecule has 0 radical (unpaired) electrons. The maximum absolute atomic E-state index is 5.15. The van der Waals surface area contributed by atoms with Crippen LogP contribution in [-0.2, 0) is 4.84 Å². The van der Waals surface area contributed by atoms with Gasteiger partial charge in [-0.25, -0.2) is 0 Å². The molecule has 0 aromatic rings. The van der Waals surface area contributed by atoms with E-state index in [1.54, 1.807) is 6.26 Å². The third-order valence-electron chi connectivity index (χ3n) is 1.63. The summed E-state index contributed by atoms with van der Waals surface area (Å²) in [5.74, 6) is 0. The van der Waals surface area contributed by atoms with E-state index >= 15 is 0 Å².